The largest absolute Gasteiger partial charge is 0.504 e. The van der Waals surface area contributed by atoms with Gasteiger partial charge in [-0.1, -0.05) is 0 Å². The van der Waals surface area contributed by atoms with E-state index >= 15 is 0 Å². The average molecular weight is 191 g/mol. The maximum Gasteiger partial charge on any atom is 0.162 e. The Morgan fingerprint density at radius 3 is 2.86 bits per heavy atom. The number of anilines is 1. The van der Waals surface area contributed by atoms with Gasteiger partial charge >= 0.3 is 0 Å². The van der Waals surface area contributed by atoms with Gasteiger partial charge in [-0.3, -0.25) is 4.98 Å². The van der Waals surface area contributed by atoms with E-state index in [2.05, 4.69) is 9.97 Å². The summed E-state index contributed by atoms with van der Waals surface area (Å²) < 4.78 is 4.93. The number of nitrogens with two attached hydrogens (primary N) is 1. The van der Waals surface area contributed by atoms with Gasteiger partial charge in [0, 0.05) is 12.1 Å². The lowest BCUT2D eigenvalue weighted by Crippen LogP contribution is -1.93. The van der Waals surface area contributed by atoms with Crippen molar-refractivity contribution in [3.63, 3.8) is 0 Å². The molecule has 0 saturated heterocycles. The van der Waals surface area contributed by atoms with Crippen molar-refractivity contribution in [2.75, 3.05) is 12.8 Å². The smallest absolute Gasteiger partial charge is 0.162 e. The van der Waals surface area contributed by atoms with Crippen molar-refractivity contribution in [2.45, 2.75) is 0 Å². The first-order valence-corrected chi connectivity index (χ1v) is 4.00. The van der Waals surface area contributed by atoms with Crippen LogP contribution in [0.2, 0.25) is 0 Å². The van der Waals surface area contributed by atoms with E-state index in [0.717, 1.165) is 0 Å². The summed E-state index contributed by atoms with van der Waals surface area (Å²) in [5.41, 5.74) is 6.65. The Hall–Kier alpha value is -2.04. The number of methoxy groups -OCH3 is 1. The first-order valence-electron chi connectivity index (χ1n) is 4.00. The molecular formula is C9H9N3O2. The fraction of sp³-hybridized carbons (Fsp3) is 0.111. The van der Waals surface area contributed by atoms with Crippen LogP contribution in [0.3, 0.4) is 0 Å². The van der Waals surface area contributed by atoms with Crippen molar-refractivity contribution >= 4 is 16.9 Å². The fourth-order valence-electron chi connectivity index (χ4n) is 1.21. The molecule has 5 heteroatoms. The van der Waals surface area contributed by atoms with Gasteiger partial charge in [0.15, 0.2) is 11.5 Å². The molecule has 1 aromatic carbocycles. The number of phenols is 1. The van der Waals surface area contributed by atoms with E-state index in [9.17, 15) is 5.11 Å². The molecule has 5 nitrogen and oxygen atoms in total. The number of phenolic OH excluding ortho intramolecular Hbond substituents is 1. The number of nitrogens with zero attached hydrogens (tertiary/aromatic N) is 2. The highest BCUT2D eigenvalue weighted by molar-refractivity contribution is 5.79. The minimum Gasteiger partial charge on any atom is -0.504 e. The third kappa shape index (κ3) is 1.28. The molecule has 0 aliphatic rings. The van der Waals surface area contributed by atoms with E-state index in [0.29, 0.717) is 22.6 Å². The van der Waals surface area contributed by atoms with E-state index in [1.165, 1.54) is 19.4 Å². The van der Waals surface area contributed by atoms with Gasteiger partial charge in [0.05, 0.1) is 24.3 Å². The van der Waals surface area contributed by atoms with Gasteiger partial charge < -0.3 is 15.6 Å². The van der Waals surface area contributed by atoms with E-state index in [1.54, 1.807) is 6.07 Å². The molecule has 0 unspecified atom stereocenters. The highest BCUT2D eigenvalue weighted by atomic mass is 16.5. The Labute approximate surface area is 80.2 Å². The highest BCUT2D eigenvalue weighted by Gasteiger charge is 2.05. The van der Waals surface area contributed by atoms with Crippen LogP contribution in [0.25, 0.3) is 11.0 Å². The number of fused-ring (bicyclic) bond motifs is 1. The molecule has 0 bridgehead atoms. The van der Waals surface area contributed by atoms with E-state index < -0.39 is 0 Å². The molecule has 1 aromatic heterocycles. The van der Waals surface area contributed by atoms with Crippen LogP contribution in [0.5, 0.6) is 11.5 Å². The molecule has 0 saturated carbocycles. The Kier molecular flexibility index (Phi) is 1.85. The maximum absolute atomic E-state index is 9.45. The van der Waals surface area contributed by atoms with Gasteiger partial charge in [0.1, 0.15) is 5.82 Å². The van der Waals surface area contributed by atoms with Crippen LogP contribution in [-0.2, 0) is 0 Å². The molecular weight excluding hydrogens is 182 g/mol. The van der Waals surface area contributed by atoms with Crippen molar-refractivity contribution in [1.29, 1.82) is 0 Å². The third-order valence-electron chi connectivity index (χ3n) is 1.86. The normalized spacial score (nSPS) is 10.4. The van der Waals surface area contributed by atoms with Crippen LogP contribution in [0.15, 0.2) is 18.3 Å². The summed E-state index contributed by atoms with van der Waals surface area (Å²) >= 11 is 0. The van der Waals surface area contributed by atoms with Crippen LogP contribution in [0.4, 0.5) is 5.82 Å². The summed E-state index contributed by atoms with van der Waals surface area (Å²) in [6.07, 6.45) is 1.44. The molecule has 14 heavy (non-hydrogen) atoms. The van der Waals surface area contributed by atoms with Crippen LogP contribution in [0.1, 0.15) is 0 Å². The molecule has 72 valence electrons. The quantitative estimate of drug-likeness (QED) is 0.700. The molecule has 0 fully saturated rings. The standard InChI is InChI=1S/C9H9N3O2/c1-14-8-3-6-5(2-7(8)13)11-4-9(10)12-6/h2-4,13H,1H3,(H2,10,12). The van der Waals surface area contributed by atoms with E-state index in [1.807, 2.05) is 0 Å². The number of hydrogen-bond acceptors (Lipinski definition) is 5. The predicted octanol–water partition coefficient (Wildman–Crippen LogP) is 0.926. The minimum absolute atomic E-state index is 0.0408. The summed E-state index contributed by atoms with van der Waals surface area (Å²) in [6, 6.07) is 3.08. The number of ether oxygens (including phenoxy) is 1. The van der Waals surface area contributed by atoms with Crippen LogP contribution in [-0.4, -0.2) is 22.2 Å². The average Bonchev–Trinajstić information content (AvgIpc) is 2.17. The number of aromatic nitrogens is 2. The summed E-state index contributed by atoms with van der Waals surface area (Å²) in [6.45, 7) is 0. The van der Waals surface area contributed by atoms with Crippen molar-refractivity contribution in [3.05, 3.63) is 18.3 Å². The lowest BCUT2D eigenvalue weighted by molar-refractivity contribution is 0.374. The highest BCUT2D eigenvalue weighted by Crippen LogP contribution is 2.29. The Morgan fingerprint density at radius 1 is 1.36 bits per heavy atom. The van der Waals surface area contributed by atoms with Crippen molar-refractivity contribution in [2.24, 2.45) is 0 Å². The number of aromatic hydroxyl groups is 1. The van der Waals surface area contributed by atoms with Gasteiger partial charge in [-0.05, 0) is 0 Å². The molecule has 1 heterocycles. The Balaban J connectivity index is 2.73. The third-order valence-corrected chi connectivity index (χ3v) is 1.86. The van der Waals surface area contributed by atoms with Gasteiger partial charge in [-0.2, -0.15) is 0 Å². The van der Waals surface area contributed by atoms with Gasteiger partial charge in [-0.25, -0.2) is 4.98 Å². The first kappa shape index (κ1) is 8.55. The van der Waals surface area contributed by atoms with Crippen LogP contribution < -0.4 is 10.5 Å². The fourth-order valence-corrected chi connectivity index (χ4v) is 1.21. The van der Waals surface area contributed by atoms with Crippen LogP contribution >= 0.6 is 0 Å². The molecule has 0 atom stereocenters. The van der Waals surface area contributed by atoms with Gasteiger partial charge in [0.25, 0.3) is 0 Å². The van der Waals surface area contributed by atoms with Crippen molar-refractivity contribution in [3.8, 4) is 11.5 Å². The monoisotopic (exact) mass is 191 g/mol. The summed E-state index contributed by atoms with van der Waals surface area (Å²) in [5, 5.41) is 9.45. The van der Waals surface area contributed by atoms with E-state index in [4.69, 9.17) is 10.5 Å². The van der Waals surface area contributed by atoms with Gasteiger partial charge in [0.2, 0.25) is 0 Å². The molecule has 2 rings (SSSR count). The van der Waals surface area contributed by atoms with E-state index in [-0.39, 0.29) is 5.75 Å². The lowest BCUT2D eigenvalue weighted by atomic mass is 10.2. The molecule has 0 amide bonds. The van der Waals surface area contributed by atoms with Crippen molar-refractivity contribution in [1.82, 2.24) is 9.97 Å². The zero-order chi connectivity index (χ0) is 10.1. The summed E-state index contributed by atoms with van der Waals surface area (Å²) in [7, 11) is 1.47. The maximum atomic E-state index is 9.45. The summed E-state index contributed by atoms with van der Waals surface area (Å²) in [4.78, 5) is 8.06. The second-order valence-electron chi connectivity index (χ2n) is 2.81. The number of nitrogen functional groups attached to an aromatic ring is 1. The molecule has 0 aliphatic heterocycles. The number of rotatable bonds is 1. The lowest BCUT2D eigenvalue weighted by Gasteiger charge is -2.04. The topological polar surface area (TPSA) is 81.3 Å². The molecule has 0 radical (unpaired) electrons. The second kappa shape index (κ2) is 3.02. The number of hydrogen-bond donors (Lipinski definition) is 2. The second-order valence-corrected chi connectivity index (χ2v) is 2.81. The van der Waals surface area contributed by atoms with Crippen LogP contribution in [0, 0.1) is 0 Å². The molecule has 0 spiro atoms. The minimum atomic E-state index is 0.0408. The van der Waals surface area contributed by atoms with Gasteiger partial charge in [-0.15, -0.1) is 0 Å². The SMILES string of the molecule is COc1cc2nc(N)cnc2cc1O. The molecule has 2 aromatic rings. The Morgan fingerprint density at radius 2 is 2.14 bits per heavy atom. The number of benzene rings is 1. The van der Waals surface area contributed by atoms with Crippen molar-refractivity contribution < 1.29 is 9.84 Å². The Bertz CT molecular complexity index is 485. The molecule has 0 aliphatic carbocycles. The first-order chi connectivity index (χ1) is 6.70. The summed E-state index contributed by atoms with van der Waals surface area (Å²) in [5.74, 6) is 0.738. The zero-order valence-electron chi connectivity index (χ0n) is 7.56. The zero-order valence-corrected chi connectivity index (χ0v) is 7.56. The predicted molar refractivity (Wildman–Crippen MR) is 52.2 cm³/mol. The molecule has 3 N–H and O–H groups in total.